The Hall–Kier alpha value is -1.44. The van der Waals surface area contributed by atoms with Crippen molar-refractivity contribution < 1.29 is 55.0 Å². The molecule has 0 aromatic heterocycles. The minimum absolute atomic E-state index is 0.127. The van der Waals surface area contributed by atoms with Crippen molar-refractivity contribution in [3.05, 3.63) is 0 Å². The lowest BCUT2D eigenvalue weighted by atomic mass is 9.67. The van der Waals surface area contributed by atoms with Gasteiger partial charge in [0.05, 0.1) is 24.2 Å². The molecule has 7 unspecified atom stereocenters. The van der Waals surface area contributed by atoms with E-state index >= 15 is 0 Å². The quantitative estimate of drug-likeness (QED) is 0.327. The molecule has 0 spiro atoms. The van der Waals surface area contributed by atoms with Crippen LogP contribution in [-0.2, 0) is 33.9 Å². The van der Waals surface area contributed by atoms with Crippen LogP contribution in [0.15, 0.2) is 0 Å². The Morgan fingerprint density at radius 1 is 1.28 bits per heavy atom. The molecule has 3 aliphatic rings. The third-order valence-electron chi connectivity index (χ3n) is 7.13. The van der Waals surface area contributed by atoms with Crippen molar-refractivity contribution in [3.8, 4) is 0 Å². The highest BCUT2D eigenvalue weighted by Gasteiger charge is 2.70. The number of halogens is 3. The smallest absolute Gasteiger partial charge is 0.400 e. The zero-order valence-corrected chi connectivity index (χ0v) is 18.4. The van der Waals surface area contributed by atoms with Crippen LogP contribution in [0.3, 0.4) is 0 Å². The van der Waals surface area contributed by atoms with Crippen LogP contribution >= 0.6 is 0 Å². The van der Waals surface area contributed by atoms with Crippen molar-refractivity contribution in [1.82, 2.24) is 0 Å². The van der Waals surface area contributed by atoms with Gasteiger partial charge in [-0.3, -0.25) is 9.35 Å². The first-order valence-corrected chi connectivity index (χ1v) is 11.9. The van der Waals surface area contributed by atoms with Crippen molar-refractivity contribution in [2.24, 2.45) is 23.7 Å². The second-order valence-electron chi connectivity index (χ2n) is 8.62. The largest absolute Gasteiger partial charge is 0.464 e. The van der Waals surface area contributed by atoms with Gasteiger partial charge in [0.1, 0.15) is 12.7 Å². The maximum Gasteiger partial charge on any atom is 0.400 e. The Kier molecular flexibility index (Phi) is 6.87. The van der Waals surface area contributed by atoms with E-state index in [0.29, 0.717) is 19.3 Å². The minimum Gasteiger partial charge on any atom is -0.464 e. The van der Waals surface area contributed by atoms with Crippen molar-refractivity contribution in [2.75, 3.05) is 13.2 Å². The lowest BCUT2D eigenvalue weighted by molar-refractivity contribution is -0.160. The number of esters is 2. The maximum absolute atomic E-state index is 13.4. The van der Waals surface area contributed by atoms with Gasteiger partial charge in [-0.15, -0.1) is 0 Å². The SMILES string of the molecule is CCC(O)(CC)C1C2CC3C(OC(=O)C31)C2OCC(=O)OCCC(F)C(F)(F)S(=O)(=O)O. The molecule has 184 valence electrons. The van der Waals surface area contributed by atoms with E-state index in [-0.39, 0.29) is 17.8 Å². The van der Waals surface area contributed by atoms with Gasteiger partial charge in [-0.25, -0.2) is 9.18 Å². The van der Waals surface area contributed by atoms with Gasteiger partial charge in [-0.05, 0) is 25.2 Å². The summed E-state index contributed by atoms with van der Waals surface area (Å²) in [5.41, 5.74) is -1.09. The number of ether oxygens (including phenoxy) is 3. The van der Waals surface area contributed by atoms with Crippen LogP contribution < -0.4 is 0 Å². The van der Waals surface area contributed by atoms with Gasteiger partial charge in [0.2, 0.25) is 0 Å². The molecular formula is C19H27F3O9S. The van der Waals surface area contributed by atoms with E-state index in [1.807, 2.05) is 13.8 Å². The molecule has 2 saturated carbocycles. The summed E-state index contributed by atoms with van der Waals surface area (Å²) in [6.45, 7) is 2.16. The fraction of sp³-hybridized carbons (Fsp3) is 0.895. The van der Waals surface area contributed by atoms with Crippen LogP contribution in [0.4, 0.5) is 13.2 Å². The molecule has 7 atom stereocenters. The van der Waals surface area contributed by atoms with Crippen LogP contribution in [0.5, 0.6) is 0 Å². The number of hydrogen-bond acceptors (Lipinski definition) is 8. The summed E-state index contributed by atoms with van der Waals surface area (Å²) in [4.78, 5) is 24.3. The van der Waals surface area contributed by atoms with Crippen LogP contribution in [0.25, 0.3) is 0 Å². The highest BCUT2D eigenvalue weighted by Crippen LogP contribution is 2.62. The Morgan fingerprint density at radius 3 is 2.47 bits per heavy atom. The van der Waals surface area contributed by atoms with Crippen LogP contribution in [-0.4, -0.2) is 72.5 Å². The van der Waals surface area contributed by atoms with E-state index in [1.54, 1.807) is 0 Å². The molecule has 0 radical (unpaired) electrons. The predicted octanol–water partition coefficient (Wildman–Crippen LogP) is 1.48. The fourth-order valence-corrected chi connectivity index (χ4v) is 5.92. The lowest BCUT2D eigenvalue weighted by Crippen LogP contribution is -2.50. The van der Waals surface area contributed by atoms with Gasteiger partial charge in [0, 0.05) is 18.3 Å². The van der Waals surface area contributed by atoms with Gasteiger partial charge in [0.15, 0.2) is 6.17 Å². The molecule has 13 heteroatoms. The zero-order chi connectivity index (χ0) is 24.1. The summed E-state index contributed by atoms with van der Waals surface area (Å²) >= 11 is 0. The number of carbonyl (C=O) groups is 2. The van der Waals surface area contributed by atoms with Gasteiger partial charge in [-0.2, -0.15) is 17.2 Å². The maximum atomic E-state index is 13.4. The summed E-state index contributed by atoms with van der Waals surface area (Å²) in [7, 11) is -5.95. The molecule has 1 heterocycles. The van der Waals surface area contributed by atoms with Crippen molar-refractivity contribution in [3.63, 3.8) is 0 Å². The van der Waals surface area contributed by atoms with E-state index < -0.39 is 76.8 Å². The van der Waals surface area contributed by atoms with E-state index in [9.17, 15) is 36.3 Å². The fourth-order valence-electron chi connectivity index (χ4n) is 5.48. The summed E-state index contributed by atoms with van der Waals surface area (Å²) in [5.74, 6) is -2.55. The second kappa shape index (κ2) is 8.73. The van der Waals surface area contributed by atoms with Crippen molar-refractivity contribution in [2.45, 2.75) is 68.8 Å². The third kappa shape index (κ3) is 4.12. The first-order valence-electron chi connectivity index (χ1n) is 10.5. The molecule has 2 aliphatic carbocycles. The van der Waals surface area contributed by atoms with Crippen LogP contribution in [0, 0.1) is 23.7 Å². The molecule has 3 rings (SSSR count). The van der Waals surface area contributed by atoms with Crippen molar-refractivity contribution in [1.29, 1.82) is 0 Å². The zero-order valence-electron chi connectivity index (χ0n) is 17.6. The molecular weight excluding hydrogens is 461 g/mol. The summed E-state index contributed by atoms with van der Waals surface area (Å²) in [6, 6.07) is 0. The van der Waals surface area contributed by atoms with Crippen molar-refractivity contribution >= 4 is 22.1 Å². The topological polar surface area (TPSA) is 136 Å². The average molecular weight is 488 g/mol. The summed E-state index contributed by atoms with van der Waals surface area (Å²) < 4.78 is 84.8. The van der Waals surface area contributed by atoms with Gasteiger partial charge in [-0.1, -0.05) is 13.8 Å². The first-order chi connectivity index (χ1) is 14.8. The highest BCUT2D eigenvalue weighted by molar-refractivity contribution is 7.86. The predicted molar refractivity (Wildman–Crippen MR) is 101 cm³/mol. The molecule has 2 N–H and O–H groups in total. The second-order valence-corrected chi connectivity index (χ2v) is 10.1. The molecule has 0 aromatic carbocycles. The number of alkyl halides is 3. The van der Waals surface area contributed by atoms with E-state index in [2.05, 4.69) is 4.74 Å². The Labute approximate surface area is 183 Å². The molecule has 1 saturated heterocycles. The highest BCUT2D eigenvalue weighted by atomic mass is 32.2. The Morgan fingerprint density at radius 2 is 1.91 bits per heavy atom. The third-order valence-corrected chi connectivity index (χ3v) is 8.07. The molecule has 1 aliphatic heterocycles. The number of carbonyl (C=O) groups excluding carboxylic acids is 2. The van der Waals surface area contributed by atoms with E-state index in [4.69, 9.17) is 14.0 Å². The normalized spacial score (nSPS) is 32.8. The lowest BCUT2D eigenvalue weighted by Gasteiger charge is -2.41. The van der Waals surface area contributed by atoms with Gasteiger partial charge < -0.3 is 19.3 Å². The van der Waals surface area contributed by atoms with E-state index in [0.717, 1.165) is 0 Å². The van der Waals surface area contributed by atoms with Crippen LogP contribution in [0.1, 0.15) is 39.5 Å². The molecule has 2 bridgehead atoms. The molecule has 3 fully saturated rings. The Balaban J connectivity index is 1.55. The standard InChI is InChI=1S/C19H27F3O9S/c1-3-18(25,4-2)14-10-7-9-13(14)17(24)31-16(9)15(10)30-8-12(23)29-6-5-11(20)19(21,22)32(26,27)28/h9-11,13-16,25H,3-8H2,1-2H3,(H,26,27,28). The monoisotopic (exact) mass is 488 g/mol. The summed E-state index contributed by atoms with van der Waals surface area (Å²) in [5, 5.41) is 6.04. The molecule has 32 heavy (non-hydrogen) atoms. The number of hydrogen-bond donors (Lipinski definition) is 2. The van der Waals surface area contributed by atoms with Gasteiger partial charge >= 0.3 is 27.3 Å². The number of fused-ring (bicyclic) bond motifs is 1. The summed E-state index contributed by atoms with van der Waals surface area (Å²) in [6.07, 6.45) is -4.17. The van der Waals surface area contributed by atoms with Crippen LogP contribution in [0.2, 0.25) is 0 Å². The average Bonchev–Trinajstić information content (AvgIpc) is 3.33. The molecule has 9 nitrogen and oxygen atoms in total. The molecule has 0 amide bonds. The number of aliphatic hydroxyl groups is 1. The minimum atomic E-state index is -5.95. The van der Waals surface area contributed by atoms with Gasteiger partial charge in [0.25, 0.3) is 0 Å². The molecule has 0 aromatic rings. The van der Waals surface area contributed by atoms with E-state index in [1.165, 1.54) is 0 Å². The first kappa shape index (κ1) is 25.2. The number of rotatable bonds is 11. The Bertz CT molecular complexity index is 845.